The Labute approximate surface area is 161 Å². The highest BCUT2D eigenvalue weighted by molar-refractivity contribution is 5.94. The predicted molar refractivity (Wildman–Crippen MR) is 106 cm³/mol. The highest BCUT2D eigenvalue weighted by Gasteiger charge is 2.29. The van der Waals surface area contributed by atoms with Gasteiger partial charge in [0, 0.05) is 12.3 Å². The van der Waals surface area contributed by atoms with Crippen molar-refractivity contribution >= 4 is 11.8 Å². The van der Waals surface area contributed by atoms with Gasteiger partial charge in [0.15, 0.2) is 5.78 Å². The van der Waals surface area contributed by atoms with Crippen molar-refractivity contribution in [3.8, 4) is 0 Å². The van der Waals surface area contributed by atoms with Crippen molar-refractivity contribution in [2.75, 3.05) is 0 Å². The van der Waals surface area contributed by atoms with Gasteiger partial charge in [0.2, 0.25) is 0 Å². The van der Waals surface area contributed by atoms with E-state index in [0.29, 0.717) is 19.3 Å². The van der Waals surface area contributed by atoms with Crippen molar-refractivity contribution in [1.29, 1.82) is 0 Å². The first-order valence-corrected chi connectivity index (χ1v) is 9.87. The van der Waals surface area contributed by atoms with Gasteiger partial charge in [0.25, 0.3) is 0 Å². The molecule has 0 bridgehead atoms. The average molecular weight is 370 g/mol. The molecule has 27 heavy (non-hydrogen) atoms. The standard InChI is InChI=1S/C23H30O4/c24-20(15-12-18-8-4-3-5-9-18)16-13-19-14-17-22(25)21(19)10-6-1-2-7-11-23(26)27/h1,3-6,8-9,14,17,19-21,24H,2,7,10-13,15-16H2,(H,26,27)/b6-1-/t19-,20+,21-/m0/s1. The molecule has 0 aromatic heterocycles. The summed E-state index contributed by atoms with van der Waals surface area (Å²) >= 11 is 0. The molecule has 1 aromatic carbocycles. The number of carbonyl (C=O) groups is 2. The van der Waals surface area contributed by atoms with Crippen molar-refractivity contribution in [2.24, 2.45) is 11.8 Å². The fourth-order valence-electron chi connectivity index (χ4n) is 3.51. The van der Waals surface area contributed by atoms with E-state index in [4.69, 9.17) is 5.11 Å². The first-order valence-electron chi connectivity index (χ1n) is 9.87. The molecule has 4 nitrogen and oxygen atoms in total. The Kier molecular flexibility index (Phi) is 8.99. The number of unbranched alkanes of at least 4 members (excludes halogenated alkanes) is 1. The maximum absolute atomic E-state index is 12.1. The maximum atomic E-state index is 12.1. The fourth-order valence-corrected chi connectivity index (χ4v) is 3.51. The number of aliphatic hydroxyl groups excluding tert-OH is 1. The molecule has 3 atom stereocenters. The third-order valence-electron chi connectivity index (χ3n) is 5.15. The van der Waals surface area contributed by atoms with Gasteiger partial charge in [-0.15, -0.1) is 0 Å². The highest BCUT2D eigenvalue weighted by Crippen LogP contribution is 2.30. The highest BCUT2D eigenvalue weighted by atomic mass is 16.4. The van der Waals surface area contributed by atoms with Crippen LogP contribution in [0.5, 0.6) is 0 Å². The van der Waals surface area contributed by atoms with Crippen LogP contribution in [-0.4, -0.2) is 28.1 Å². The van der Waals surface area contributed by atoms with Gasteiger partial charge in [-0.3, -0.25) is 9.59 Å². The van der Waals surface area contributed by atoms with Gasteiger partial charge < -0.3 is 10.2 Å². The SMILES string of the molecule is O=C(O)CCC/C=C\C[C@@H]1C(=O)C=C[C@@H]1CC[C@H](O)CCc1ccccc1. The molecule has 0 amide bonds. The van der Waals surface area contributed by atoms with Gasteiger partial charge in [-0.05, 0) is 62.5 Å². The summed E-state index contributed by atoms with van der Waals surface area (Å²) in [6.07, 6.45) is 12.6. The summed E-state index contributed by atoms with van der Waals surface area (Å²) in [6.45, 7) is 0. The van der Waals surface area contributed by atoms with Crippen LogP contribution in [0.15, 0.2) is 54.6 Å². The van der Waals surface area contributed by atoms with E-state index in [1.54, 1.807) is 6.08 Å². The molecule has 2 N–H and O–H groups in total. The minimum absolute atomic E-state index is 0.0398. The normalized spacial score (nSPS) is 20.4. The number of carbonyl (C=O) groups excluding carboxylic acids is 1. The Morgan fingerprint density at radius 1 is 1.15 bits per heavy atom. The summed E-state index contributed by atoms with van der Waals surface area (Å²) in [4.78, 5) is 22.6. The van der Waals surface area contributed by atoms with E-state index in [1.165, 1.54) is 5.56 Å². The van der Waals surface area contributed by atoms with Crippen LogP contribution in [0.4, 0.5) is 0 Å². The first-order chi connectivity index (χ1) is 13.1. The van der Waals surface area contributed by atoms with Crippen molar-refractivity contribution < 1.29 is 19.8 Å². The van der Waals surface area contributed by atoms with Gasteiger partial charge in [-0.2, -0.15) is 0 Å². The number of ketones is 1. The molecule has 146 valence electrons. The molecule has 0 aliphatic heterocycles. The largest absolute Gasteiger partial charge is 0.481 e. The van der Waals surface area contributed by atoms with E-state index in [9.17, 15) is 14.7 Å². The molecular formula is C23H30O4. The third kappa shape index (κ3) is 7.92. The van der Waals surface area contributed by atoms with E-state index in [1.807, 2.05) is 36.4 Å². The topological polar surface area (TPSA) is 74.6 Å². The number of aryl methyl sites for hydroxylation is 1. The smallest absolute Gasteiger partial charge is 0.303 e. The lowest BCUT2D eigenvalue weighted by Crippen LogP contribution is -2.17. The quantitative estimate of drug-likeness (QED) is 0.424. The molecule has 1 aromatic rings. The van der Waals surface area contributed by atoms with Crippen molar-refractivity contribution in [3.63, 3.8) is 0 Å². The minimum atomic E-state index is -0.774. The summed E-state index contributed by atoms with van der Waals surface area (Å²) in [6, 6.07) is 10.2. The molecular weight excluding hydrogens is 340 g/mol. The Morgan fingerprint density at radius 2 is 1.93 bits per heavy atom. The van der Waals surface area contributed by atoms with Crippen molar-refractivity contribution in [3.05, 3.63) is 60.2 Å². The van der Waals surface area contributed by atoms with Crippen LogP contribution in [0.25, 0.3) is 0 Å². The second-order valence-corrected chi connectivity index (χ2v) is 7.28. The molecule has 0 saturated carbocycles. The number of aliphatic carboxylic acids is 1. The number of carboxylic acids is 1. The number of hydrogen-bond acceptors (Lipinski definition) is 3. The number of carboxylic acid groups (broad SMARTS) is 1. The zero-order valence-electron chi connectivity index (χ0n) is 15.8. The Hall–Kier alpha value is -2.20. The van der Waals surface area contributed by atoms with Crippen LogP contribution >= 0.6 is 0 Å². The second-order valence-electron chi connectivity index (χ2n) is 7.28. The van der Waals surface area contributed by atoms with Gasteiger partial charge in [-0.25, -0.2) is 0 Å². The summed E-state index contributed by atoms with van der Waals surface area (Å²) in [7, 11) is 0. The van der Waals surface area contributed by atoms with Crippen molar-refractivity contribution in [2.45, 2.75) is 57.5 Å². The number of aliphatic hydroxyl groups is 1. The van der Waals surface area contributed by atoms with Crippen LogP contribution in [0.2, 0.25) is 0 Å². The fraction of sp³-hybridized carbons (Fsp3) is 0.478. The summed E-state index contributed by atoms with van der Waals surface area (Å²) in [5, 5.41) is 18.9. The monoisotopic (exact) mass is 370 g/mol. The summed E-state index contributed by atoms with van der Waals surface area (Å²) in [5.74, 6) is -0.465. The molecule has 4 heteroatoms. The first kappa shape index (κ1) is 21.1. The molecule has 2 rings (SSSR count). The van der Waals surface area contributed by atoms with Gasteiger partial charge >= 0.3 is 5.97 Å². The van der Waals surface area contributed by atoms with Crippen molar-refractivity contribution in [1.82, 2.24) is 0 Å². The molecule has 0 spiro atoms. The lowest BCUT2D eigenvalue weighted by molar-refractivity contribution is -0.137. The predicted octanol–water partition coefficient (Wildman–Crippen LogP) is 4.33. The minimum Gasteiger partial charge on any atom is -0.481 e. The third-order valence-corrected chi connectivity index (χ3v) is 5.15. The number of allylic oxidation sites excluding steroid dienone is 4. The van der Waals surface area contributed by atoms with Crippen LogP contribution in [0.1, 0.15) is 50.5 Å². The lowest BCUT2D eigenvalue weighted by atomic mass is 9.86. The van der Waals surface area contributed by atoms with E-state index >= 15 is 0 Å². The zero-order valence-corrected chi connectivity index (χ0v) is 15.8. The van der Waals surface area contributed by atoms with Gasteiger partial charge in [0.1, 0.15) is 0 Å². The molecule has 1 aliphatic rings. The zero-order chi connectivity index (χ0) is 19.5. The summed E-state index contributed by atoms with van der Waals surface area (Å²) in [5.41, 5.74) is 1.23. The van der Waals surface area contributed by atoms with Crippen LogP contribution in [-0.2, 0) is 16.0 Å². The van der Waals surface area contributed by atoms with Gasteiger partial charge in [0.05, 0.1) is 6.10 Å². The Bertz CT molecular complexity index is 648. The van der Waals surface area contributed by atoms with Crippen LogP contribution in [0.3, 0.4) is 0 Å². The maximum Gasteiger partial charge on any atom is 0.303 e. The Morgan fingerprint density at radius 3 is 2.67 bits per heavy atom. The number of benzene rings is 1. The molecule has 0 fully saturated rings. The lowest BCUT2D eigenvalue weighted by Gasteiger charge is -2.18. The molecule has 0 heterocycles. The van der Waals surface area contributed by atoms with E-state index in [0.717, 1.165) is 25.7 Å². The number of hydrogen-bond donors (Lipinski definition) is 2. The molecule has 0 saturated heterocycles. The average Bonchev–Trinajstić information content (AvgIpc) is 3.01. The van der Waals surface area contributed by atoms with Crippen LogP contribution < -0.4 is 0 Å². The molecule has 0 unspecified atom stereocenters. The van der Waals surface area contributed by atoms with E-state index in [2.05, 4.69) is 12.1 Å². The molecule has 0 radical (unpaired) electrons. The summed E-state index contributed by atoms with van der Waals surface area (Å²) < 4.78 is 0. The second kappa shape index (κ2) is 11.5. The Balaban J connectivity index is 1.69. The van der Waals surface area contributed by atoms with Crippen LogP contribution in [0, 0.1) is 11.8 Å². The van der Waals surface area contributed by atoms with Gasteiger partial charge in [-0.1, -0.05) is 48.6 Å². The van der Waals surface area contributed by atoms with E-state index < -0.39 is 5.97 Å². The number of rotatable bonds is 12. The molecule has 1 aliphatic carbocycles. The van der Waals surface area contributed by atoms with E-state index in [-0.39, 0.29) is 30.1 Å².